The Bertz CT molecular complexity index is 1070. The highest BCUT2D eigenvalue weighted by atomic mass is 35.5. The van der Waals surface area contributed by atoms with Crippen LogP contribution in [-0.4, -0.2) is 16.4 Å². The molecule has 1 amide bonds. The molecule has 1 aromatic heterocycles. The summed E-state index contributed by atoms with van der Waals surface area (Å²) in [5, 5.41) is 9.73. The Labute approximate surface area is 161 Å². The van der Waals surface area contributed by atoms with Gasteiger partial charge in [-0.1, -0.05) is 41.9 Å². The first-order valence-corrected chi connectivity index (χ1v) is 8.45. The maximum Gasteiger partial charge on any atom is 0.268 e. The molecule has 6 nitrogen and oxygen atoms in total. The van der Waals surface area contributed by atoms with Crippen LogP contribution in [0.5, 0.6) is 0 Å². The van der Waals surface area contributed by atoms with Gasteiger partial charge in [0.05, 0.1) is 17.3 Å². The second kappa shape index (κ2) is 7.77. The molecular formula is C20H16ClN5O. The minimum absolute atomic E-state index is 0.0719. The second-order valence-corrected chi connectivity index (χ2v) is 6.20. The summed E-state index contributed by atoms with van der Waals surface area (Å²) in [5.74, 6) is -0.781. The van der Waals surface area contributed by atoms with E-state index in [0.29, 0.717) is 10.6 Å². The number of guanidine groups is 1. The number of rotatable bonds is 4. The molecule has 0 aliphatic carbocycles. The van der Waals surface area contributed by atoms with Crippen molar-refractivity contribution in [2.24, 2.45) is 16.5 Å². The highest BCUT2D eigenvalue weighted by Gasteiger charge is 2.16. The van der Waals surface area contributed by atoms with E-state index >= 15 is 0 Å². The van der Waals surface area contributed by atoms with Gasteiger partial charge in [0, 0.05) is 16.3 Å². The van der Waals surface area contributed by atoms with Crippen LogP contribution in [0.3, 0.4) is 0 Å². The van der Waals surface area contributed by atoms with Crippen LogP contribution >= 0.6 is 11.6 Å². The van der Waals surface area contributed by atoms with E-state index < -0.39 is 5.91 Å². The number of halogens is 1. The summed E-state index contributed by atoms with van der Waals surface area (Å²) in [6.07, 6.45) is 0. The molecule has 3 rings (SSSR count). The summed E-state index contributed by atoms with van der Waals surface area (Å²) in [5.41, 5.74) is 14.2. The first-order chi connectivity index (χ1) is 13.0. The number of nitrogens with two attached hydrogens (primary N) is 2. The third-order valence-corrected chi connectivity index (χ3v) is 4.29. The lowest BCUT2D eigenvalue weighted by Gasteiger charge is -2.13. The minimum atomic E-state index is -0.489. The van der Waals surface area contributed by atoms with Gasteiger partial charge in [-0.3, -0.25) is 4.79 Å². The summed E-state index contributed by atoms with van der Waals surface area (Å²) in [4.78, 5) is 15.8. The Hall–Kier alpha value is -3.56. The topological polar surface area (TPSA) is 110 Å². The van der Waals surface area contributed by atoms with Crippen molar-refractivity contribution >= 4 is 23.5 Å². The summed E-state index contributed by atoms with van der Waals surface area (Å²) in [6.45, 7) is -0.0719. The van der Waals surface area contributed by atoms with Crippen LogP contribution in [0.2, 0.25) is 5.02 Å². The number of carbonyl (C=O) groups excluding carboxylic acids is 1. The quantitative estimate of drug-likeness (QED) is 0.537. The van der Waals surface area contributed by atoms with Gasteiger partial charge in [0.25, 0.3) is 5.91 Å². The van der Waals surface area contributed by atoms with E-state index in [0.717, 1.165) is 22.5 Å². The Morgan fingerprint density at radius 3 is 2.52 bits per heavy atom. The smallest absolute Gasteiger partial charge is 0.268 e. The van der Waals surface area contributed by atoms with Gasteiger partial charge in [-0.05, 0) is 35.9 Å². The lowest BCUT2D eigenvalue weighted by atomic mass is 10.1. The summed E-state index contributed by atoms with van der Waals surface area (Å²) in [6, 6.07) is 20.4. The van der Waals surface area contributed by atoms with Gasteiger partial charge >= 0.3 is 0 Å². The molecule has 27 heavy (non-hydrogen) atoms. The van der Waals surface area contributed by atoms with Gasteiger partial charge in [0.2, 0.25) is 0 Å². The van der Waals surface area contributed by atoms with Crippen LogP contribution < -0.4 is 11.5 Å². The number of amides is 1. The van der Waals surface area contributed by atoms with E-state index in [1.165, 1.54) is 0 Å². The highest BCUT2D eigenvalue weighted by Crippen LogP contribution is 2.33. The van der Waals surface area contributed by atoms with Gasteiger partial charge in [0.15, 0.2) is 5.96 Å². The second-order valence-electron chi connectivity index (χ2n) is 5.79. The van der Waals surface area contributed by atoms with Crippen molar-refractivity contribution in [2.45, 2.75) is 6.54 Å². The first kappa shape index (κ1) is 18.2. The molecule has 2 aromatic carbocycles. The molecule has 0 saturated heterocycles. The van der Waals surface area contributed by atoms with Gasteiger partial charge in [0.1, 0.15) is 6.54 Å². The fourth-order valence-corrected chi connectivity index (χ4v) is 3.09. The third-order valence-electron chi connectivity index (χ3n) is 3.97. The largest absolute Gasteiger partial charge is 0.370 e. The molecule has 0 aliphatic heterocycles. The SMILES string of the molecule is N#Cc1cccc(-c2ccc(-c3ccccc3Cl)n2CC(=O)N=C(N)N)c1. The lowest BCUT2D eigenvalue weighted by molar-refractivity contribution is -0.118. The number of hydrogen-bond acceptors (Lipinski definition) is 2. The monoisotopic (exact) mass is 377 g/mol. The van der Waals surface area contributed by atoms with Gasteiger partial charge in [-0.15, -0.1) is 0 Å². The number of nitrogens with zero attached hydrogens (tertiary/aromatic N) is 3. The molecule has 7 heteroatoms. The maximum atomic E-state index is 12.2. The van der Waals surface area contributed by atoms with E-state index in [4.69, 9.17) is 28.3 Å². The molecule has 0 radical (unpaired) electrons. The van der Waals surface area contributed by atoms with E-state index in [-0.39, 0.29) is 12.5 Å². The number of aliphatic imine (C=N–C) groups is 1. The van der Waals surface area contributed by atoms with E-state index in [9.17, 15) is 4.79 Å². The Morgan fingerprint density at radius 2 is 1.81 bits per heavy atom. The van der Waals surface area contributed by atoms with Crippen LogP contribution in [-0.2, 0) is 11.3 Å². The van der Waals surface area contributed by atoms with Crippen molar-refractivity contribution in [3.8, 4) is 28.6 Å². The predicted molar refractivity (Wildman–Crippen MR) is 106 cm³/mol. The predicted octanol–water partition coefficient (Wildman–Crippen LogP) is 3.15. The first-order valence-electron chi connectivity index (χ1n) is 8.07. The number of benzene rings is 2. The molecule has 0 unspecified atom stereocenters. The average molecular weight is 378 g/mol. The van der Waals surface area contributed by atoms with Gasteiger partial charge < -0.3 is 16.0 Å². The Kier molecular flexibility index (Phi) is 5.25. The van der Waals surface area contributed by atoms with E-state index in [1.807, 2.05) is 36.4 Å². The summed E-state index contributed by atoms with van der Waals surface area (Å²) >= 11 is 6.35. The number of hydrogen-bond donors (Lipinski definition) is 2. The molecule has 3 aromatic rings. The van der Waals surface area contributed by atoms with Crippen molar-refractivity contribution in [3.05, 3.63) is 71.2 Å². The Balaban J connectivity index is 2.17. The van der Waals surface area contributed by atoms with Crippen LogP contribution in [0.4, 0.5) is 0 Å². The molecule has 0 bridgehead atoms. The maximum absolute atomic E-state index is 12.2. The molecule has 134 valence electrons. The van der Waals surface area contributed by atoms with Crippen molar-refractivity contribution in [3.63, 3.8) is 0 Å². The number of carbonyl (C=O) groups is 1. The van der Waals surface area contributed by atoms with Crippen molar-refractivity contribution in [1.82, 2.24) is 4.57 Å². The van der Waals surface area contributed by atoms with Crippen LogP contribution in [0.1, 0.15) is 5.56 Å². The number of nitriles is 1. The molecule has 0 atom stereocenters. The van der Waals surface area contributed by atoms with Gasteiger partial charge in [-0.25, -0.2) is 0 Å². The normalized spacial score (nSPS) is 10.2. The van der Waals surface area contributed by atoms with Crippen LogP contribution in [0.25, 0.3) is 22.5 Å². The van der Waals surface area contributed by atoms with Gasteiger partial charge in [-0.2, -0.15) is 10.3 Å². The standard InChI is InChI=1S/C20H16ClN5O/c21-16-7-2-1-6-15(16)18-9-8-17(14-5-3-4-13(10-14)11-22)26(18)12-19(27)25-20(23)24/h1-10H,12H2,(H4,23,24,25,27). The fraction of sp³-hybridized carbons (Fsp3) is 0.0500. The van der Waals surface area contributed by atoms with Crippen molar-refractivity contribution in [1.29, 1.82) is 5.26 Å². The molecule has 1 heterocycles. The minimum Gasteiger partial charge on any atom is -0.370 e. The van der Waals surface area contributed by atoms with E-state index in [2.05, 4.69) is 11.1 Å². The van der Waals surface area contributed by atoms with Crippen molar-refractivity contribution < 1.29 is 4.79 Å². The molecule has 4 N–H and O–H groups in total. The van der Waals surface area contributed by atoms with Crippen LogP contribution in [0, 0.1) is 11.3 Å². The van der Waals surface area contributed by atoms with E-state index in [1.54, 1.807) is 28.8 Å². The average Bonchev–Trinajstić information content (AvgIpc) is 3.04. The third kappa shape index (κ3) is 4.00. The molecule has 0 spiro atoms. The molecule has 0 aliphatic rings. The zero-order valence-electron chi connectivity index (χ0n) is 14.3. The lowest BCUT2D eigenvalue weighted by Crippen LogP contribution is -2.25. The fourth-order valence-electron chi connectivity index (χ4n) is 2.86. The van der Waals surface area contributed by atoms with Crippen LogP contribution in [0.15, 0.2) is 65.7 Å². The zero-order chi connectivity index (χ0) is 19.4. The molecule has 0 fully saturated rings. The van der Waals surface area contributed by atoms with Crippen molar-refractivity contribution in [2.75, 3.05) is 0 Å². The number of aromatic nitrogens is 1. The summed E-state index contributed by atoms with van der Waals surface area (Å²) < 4.78 is 1.78. The zero-order valence-corrected chi connectivity index (χ0v) is 15.0. The molecular weight excluding hydrogens is 362 g/mol. The molecule has 0 saturated carbocycles. The highest BCUT2D eigenvalue weighted by molar-refractivity contribution is 6.33. The Morgan fingerprint density at radius 1 is 1.07 bits per heavy atom. The summed E-state index contributed by atoms with van der Waals surface area (Å²) in [7, 11) is 0.